The van der Waals surface area contributed by atoms with Gasteiger partial charge in [0, 0.05) is 30.2 Å². The lowest BCUT2D eigenvalue weighted by Crippen LogP contribution is -2.25. The summed E-state index contributed by atoms with van der Waals surface area (Å²) in [6.07, 6.45) is 4.67. The predicted octanol–water partition coefficient (Wildman–Crippen LogP) is 3.75. The van der Waals surface area contributed by atoms with Gasteiger partial charge in [0.25, 0.3) is 5.91 Å². The zero-order valence-electron chi connectivity index (χ0n) is 14.7. The molecular weight excluding hydrogens is 332 g/mol. The second-order valence-electron chi connectivity index (χ2n) is 6.25. The molecule has 1 aromatic carbocycles. The average molecular weight is 354 g/mol. The van der Waals surface area contributed by atoms with Gasteiger partial charge in [-0.2, -0.15) is 5.10 Å². The second-order valence-corrected chi connectivity index (χ2v) is 7.10. The summed E-state index contributed by atoms with van der Waals surface area (Å²) in [7, 11) is 0. The monoisotopic (exact) mass is 354 g/mol. The number of aromatic nitrogens is 3. The lowest BCUT2D eigenvalue weighted by Gasteiger charge is -2.04. The van der Waals surface area contributed by atoms with Crippen molar-refractivity contribution < 1.29 is 4.79 Å². The number of aryl methyl sites for hydroxylation is 4. The second kappa shape index (κ2) is 7.61. The van der Waals surface area contributed by atoms with Crippen LogP contribution in [0.1, 0.15) is 33.6 Å². The summed E-state index contributed by atoms with van der Waals surface area (Å²) in [4.78, 5) is 16.8. The van der Waals surface area contributed by atoms with Crippen molar-refractivity contribution in [2.24, 2.45) is 0 Å². The molecule has 3 rings (SSSR count). The van der Waals surface area contributed by atoms with Crippen LogP contribution in [0.15, 0.2) is 36.0 Å². The highest BCUT2D eigenvalue weighted by Crippen LogP contribution is 2.27. The Kier molecular flexibility index (Phi) is 5.28. The Morgan fingerprint density at radius 1 is 1.24 bits per heavy atom. The van der Waals surface area contributed by atoms with Crippen LogP contribution in [0.25, 0.3) is 10.6 Å². The molecule has 6 heteroatoms. The predicted molar refractivity (Wildman–Crippen MR) is 101 cm³/mol. The van der Waals surface area contributed by atoms with Gasteiger partial charge in [0.2, 0.25) is 0 Å². The Labute approximate surface area is 151 Å². The topological polar surface area (TPSA) is 59.8 Å². The largest absolute Gasteiger partial charge is 0.351 e. The molecule has 3 aromatic rings. The van der Waals surface area contributed by atoms with Crippen molar-refractivity contribution in [3.63, 3.8) is 0 Å². The Bertz CT molecular complexity index is 881. The van der Waals surface area contributed by atoms with Gasteiger partial charge in [-0.25, -0.2) is 4.98 Å². The fraction of sp³-hybridized carbons (Fsp3) is 0.316. The molecule has 0 spiro atoms. The first-order chi connectivity index (χ1) is 12.0. The highest BCUT2D eigenvalue weighted by molar-refractivity contribution is 7.13. The van der Waals surface area contributed by atoms with Crippen LogP contribution in [0.5, 0.6) is 0 Å². The summed E-state index contributed by atoms with van der Waals surface area (Å²) in [6.45, 7) is 7.55. The minimum absolute atomic E-state index is 0.121. The molecule has 25 heavy (non-hydrogen) atoms. The van der Waals surface area contributed by atoms with Crippen molar-refractivity contribution in [2.45, 2.75) is 33.7 Å². The van der Waals surface area contributed by atoms with E-state index in [4.69, 9.17) is 0 Å². The van der Waals surface area contributed by atoms with Crippen LogP contribution in [-0.4, -0.2) is 27.2 Å². The van der Waals surface area contributed by atoms with Crippen LogP contribution >= 0.6 is 11.3 Å². The number of carbonyl (C=O) groups excluding carboxylic acids is 1. The maximum Gasteiger partial charge on any atom is 0.270 e. The smallest absolute Gasteiger partial charge is 0.270 e. The third-order valence-electron chi connectivity index (χ3n) is 3.96. The van der Waals surface area contributed by atoms with E-state index in [0.717, 1.165) is 29.1 Å². The number of hydrogen-bond donors (Lipinski definition) is 1. The number of rotatable bonds is 6. The van der Waals surface area contributed by atoms with E-state index >= 15 is 0 Å². The van der Waals surface area contributed by atoms with E-state index in [-0.39, 0.29) is 5.91 Å². The quantitative estimate of drug-likeness (QED) is 0.686. The first-order valence-electron chi connectivity index (χ1n) is 8.33. The van der Waals surface area contributed by atoms with Crippen LogP contribution in [0.4, 0.5) is 0 Å². The van der Waals surface area contributed by atoms with Crippen LogP contribution in [0.3, 0.4) is 0 Å². The molecule has 0 fully saturated rings. The highest BCUT2D eigenvalue weighted by atomic mass is 32.1. The van der Waals surface area contributed by atoms with Crippen LogP contribution in [0, 0.1) is 20.8 Å². The third kappa shape index (κ3) is 4.33. The fourth-order valence-electron chi connectivity index (χ4n) is 2.68. The minimum Gasteiger partial charge on any atom is -0.351 e. The van der Waals surface area contributed by atoms with Crippen molar-refractivity contribution in [3.8, 4) is 10.6 Å². The normalized spacial score (nSPS) is 10.8. The molecule has 0 radical (unpaired) electrons. The number of carbonyl (C=O) groups is 1. The molecule has 0 bridgehead atoms. The molecule has 0 unspecified atom stereocenters. The third-order valence-corrected chi connectivity index (χ3v) is 4.84. The summed E-state index contributed by atoms with van der Waals surface area (Å²) in [5, 5.41) is 9.87. The number of benzene rings is 1. The zero-order valence-corrected chi connectivity index (χ0v) is 15.6. The van der Waals surface area contributed by atoms with Gasteiger partial charge in [-0.15, -0.1) is 11.3 Å². The van der Waals surface area contributed by atoms with Gasteiger partial charge in [-0.1, -0.05) is 23.8 Å². The van der Waals surface area contributed by atoms with E-state index in [2.05, 4.69) is 47.4 Å². The summed E-state index contributed by atoms with van der Waals surface area (Å²) in [5.41, 5.74) is 5.11. The van der Waals surface area contributed by atoms with Gasteiger partial charge >= 0.3 is 0 Å². The summed E-state index contributed by atoms with van der Waals surface area (Å²) in [5.74, 6) is -0.121. The van der Waals surface area contributed by atoms with Crippen molar-refractivity contribution in [1.82, 2.24) is 20.1 Å². The van der Waals surface area contributed by atoms with Gasteiger partial charge in [-0.05, 0) is 38.3 Å². The van der Waals surface area contributed by atoms with Crippen molar-refractivity contribution in [3.05, 3.63) is 58.4 Å². The molecule has 0 aliphatic heterocycles. The lowest BCUT2D eigenvalue weighted by molar-refractivity contribution is 0.0948. The van der Waals surface area contributed by atoms with E-state index in [1.54, 1.807) is 0 Å². The molecule has 0 aliphatic rings. The molecule has 0 saturated heterocycles. The Morgan fingerprint density at radius 3 is 2.80 bits per heavy atom. The number of thiazole rings is 1. The first kappa shape index (κ1) is 17.4. The number of nitrogens with one attached hydrogen (secondary N) is 1. The van der Waals surface area contributed by atoms with Gasteiger partial charge in [0.15, 0.2) is 0 Å². The number of nitrogens with zero attached hydrogens (tertiary/aromatic N) is 3. The lowest BCUT2D eigenvalue weighted by atomic mass is 10.1. The van der Waals surface area contributed by atoms with Crippen molar-refractivity contribution >= 4 is 17.2 Å². The molecule has 2 aromatic heterocycles. The number of hydrogen-bond acceptors (Lipinski definition) is 4. The number of amides is 1. The first-order valence-corrected chi connectivity index (χ1v) is 9.21. The zero-order chi connectivity index (χ0) is 17.8. The van der Waals surface area contributed by atoms with Gasteiger partial charge in [0.1, 0.15) is 10.7 Å². The SMILES string of the molecule is Cc1ccc(-c2nc(C(=O)NCCCn3cc(C)cn3)cs2)c(C)c1. The van der Waals surface area contributed by atoms with E-state index in [0.29, 0.717) is 12.2 Å². The van der Waals surface area contributed by atoms with E-state index < -0.39 is 0 Å². The fourth-order valence-corrected chi connectivity index (χ4v) is 3.57. The van der Waals surface area contributed by atoms with Gasteiger partial charge in [-0.3, -0.25) is 9.48 Å². The minimum atomic E-state index is -0.121. The summed E-state index contributed by atoms with van der Waals surface area (Å²) < 4.78 is 1.89. The average Bonchev–Trinajstić information content (AvgIpc) is 3.21. The Hall–Kier alpha value is -2.47. The molecule has 130 valence electrons. The molecule has 0 aliphatic carbocycles. The van der Waals surface area contributed by atoms with Crippen LogP contribution < -0.4 is 5.32 Å². The van der Waals surface area contributed by atoms with Crippen molar-refractivity contribution in [1.29, 1.82) is 0 Å². The van der Waals surface area contributed by atoms with Crippen LogP contribution in [0.2, 0.25) is 0 Å². The maximum absolute atomic E-state index is 12.3. The van der Waals surface area contributed by atoms with E-state index in [1.807, 2.05) is 29.4 Å². The van der Waals surface area contributed by atoms with Crippen molar-refractivity contribution in [2.75, 3.05) is 6.54 Å². The van der Waals surface area contributed by atoms with E-state index in [1.165, 1.54) is 22.5 Å². The molecule has 1 amide bonds. The standard InChI is InChI=1S/C19H22N4OS/c1-13-5-6-16(15(3)9-13)19-22-17(12-25-19)18(24)20-7-4-8-23-11-14(2)10-21-23/h5-6,9-12H,4,7-8H2,1-3H3,(H,20,24). The van der Waals surface area contributed by atoms with E-state index in [9.17, 15) is 4.79 Å². The molecule has 5 nitrogen and oxygen atoms in total. The maximum atomic E-state index is 12.3. The van der Waals surface area contributed by atoms with Gasteiger partial charge < -0.3 is 5.32 Å². The highest BCUT2D eigenvalue weighted by Gasteiger charge is 2.12. The van der Waals surface area contributed by atoms with Crippen LogP contribution in [-0.2, 0) is 6.54 Å². The van der Waals surface area contributed by atoms with Gasteiger partial charge in [0.05, 0.1) is 6.20 Å². The summed E-state index contributed by atoms with van der Waals surface area (Å²) >= 11 is 1.50. The molecule has 0 saturated carbocycles. The molecule has 1 N–H and O–H groups in total. The summed E-state index contributed by atoms with van der Waals surface area (Å²) in [6, 6.07) is 6.27. The Balaban J connectivity index is 1.55. The molecule has 2 heterocycles. The molecule has 0 atom stereocenters. The molecular formula is C19H22N4OS. The Morgan fingerprint density at radius 2 is 2.08 bits per heavy atom.